The van der Waals surface area contributed by atoms with E-state index >= 15 is 0 Å². The Morgan fingerprint density at radius 1 is 1.00 bits per heavy atom. The zero-order chi connectivity index (χ0) is 0. The Labute approximate surface area is 65.2 Å². The molecule has 0 unspecified atom stereocenters. The summed E-state index contributed by atoms with van der Waals surface area (Å²) in [5, 5.41) is 0. The minimum absolute atomic E-state index is 0. The first-order chi connectivity index (χ1) is 0. The van der Waals surface area contributed by atoms with Gasteiger partial charge in [0, 0.05) is 0 Å². The van der Waals surface area contributed by atoms with E-state index in [0.29, 0.717) is 0 Å². The topological polar surface area (TPSA) is 28.5 Å². The fourth-order valence-corrected chi connectivity index (χ4v) is 0. The molecule has 4 heavy (non-hydrogen) atoms. The minimum atomic E-state index is 0. The summed E-state index contributed by atoms with van der Waals surface area (Å²) in [5.41, 5.74) is 0. The summed E-state index contributed by atoms with van der Waals surface area (Å²) in [6, 6.07) is 0. The molecule has 4 heteroatoms. The number of hydrogen-bond acceptors (Lipinski definition) is 0. The van der Waals surface area contributed by atoms with Gasteiger partial charge in [0.2, 0.25) is 0 Å². The molecule has 0 rings (SSSR count). The third-order valence-electron chi connectivity index (χ3n) is 0. The van der Waals surface area contributed by atoms with Gasteiger partial charge in [-0.25, -0.2) is 0 Å². The van der Waals surface area contributed by atoms with E-state index in [1.807, 2.05) is 0 Å². The van der Waals surface area contributed by atoms with Gasteiger partial charge in [0.05, 0.1) is 0 Å². The maximum absolute atomic E-state index is 0. The van der Waals surface area contributed by atoms with Gasteiger partial charge < -0.3 is 19.0 Å². The molecule has 0 radical (unpaired) electrons. The van der Waals surface area contributed by atoms with Crippen LogP contribution < -0.4 is 0 Å². The van der Waals surface area contributed by atoms with Crippen LogP contribution in [0, 0.1) is 0 Å². The number of rotatable bonds is 0. The van der Waals surface area contributed by atoms with Crippen molar-refractivity contribution in [2.24, 2.45) is 0 Å². The van der Waals surface area contributed by atoms with Crippen molar-refractivity contribution in [3.63, 3.8) is 0 Å². The van der Waals surface area contributed by atoms with Gasteiger partial charge in [0.15, 0.2) is 0 Å². The third-order valence-corrected chi connectivity index (χ3v) is 0. The molecule has 16 valence electrons. The van der Waals surface area contributed by atoms with Crippen LogP contribution in [0.2, 0.25) is 0 Å². The molecule has 0 aromatic rings. The standard InChI is InChI=1S/Cd.O.S.Zn/q+2;2*-2;+2. The molecule has 0 aliphatic carbocycles. The first kappa shape index (κ1) is 40.1. The summed E-state index contributed by atoms with van der Waals surface area (Å²) >= 11 is 0. The van der Waals surface area contributed by atoms with E-state index in [4.69, 9.17) is 0 Å². The molecule has 0 atom stereocenters. The van der Waals surface area contributed by atoms with Crippen molar-refractivity contribution >= 4 is 13.5 Å². The molecule has 0 amide bonds. The van der Waals surface area contributed by atoms with Crippen molar-refractivity contribution in [1.29, 1.82) is 0 Å². The first-order valence-corrected chi connectivity index (χ1v) is 0. The molecule has 0 aromatic carbocycles. The predicted molar refractivity (Wildman–Crippen MR) is 8.05 cm³/mol. The van der Waals surface area contributed by atoms with E-state index in [1.165, 1.54) is 0 Å². The van der Waals surface area contributed by atoms with E-state index in [-0.39, 0.29) is 65.7 Å². The minimum Gasteiger partial charge on any atom is -2.00 e. The average Bonchev–Trinajstić information content (AvgIpc) is 0. The van der Waals surface area contributed by atoms with E-state index in [2.05, 4.69) is 0 Å². The fourth-order valence-electron chi connectivity index (χ4n) is 0. The van der Waals surface area contributed by atoms with Gasteiger partial charge >= 0.3 is 46.8 Å². The van der Waals surface area contributed by atoms with E-state index in [9.17, 15) is 0 Å². The third kappa shape index (κ3) is 9.13. The monoisotopic (exact) mass is 226 g/mol. The van der Waals surface area contributed by atoms with Gasteiger partial charge in [-0.2, -0.15) is 0 Å². The van der Waals surface area contributed by atoms with Crippen molar-refractivity contribution in [1.82, 2.24) is 0 Å². The van der Waals surface area contributed by atoms with E-state index in [1.54, 1.807) is 0 Å². The Morgan fingerprint density at radius 2 is 1.00 bits per heavy atom. The van der Waals surface area contributed by atoms with Gasteiger partial charge in [0.1, 0.15) is 0 Å². The Morgan fingerprint density at radius 3 is 1.00 bits per heavy atom. The summed E-state index contributed by atoms with van der Waals surface area (Å²) < 4.78 is 0. The van der Waals surface area contributed by atoms with Gasteiger partial charge in [0.25, 0.3) is 0 Å². The molecule has 0 fully saturated rings. The van der Waals surface area contributed by atoms with Crippen molar-refractivity contribution in [3.05, 3.63) is 0 Å². The zero-order valence-electron chi connectivity index (χ0n) is 2.23. The van der Waals surface area contributed by atoms with Crippen LogP contribution >= 0.6 is 0 Å². The SMILES string of the molecule is [Cd+2].[O-2].[S-2].[Zn+2]. The maximum atomic E-state index is 0. The first-order valence-electron chi connectivity index (χ1n) is 0. The molecule has 0 saturated heterocycles. The summed E-state index contributed by atoms with van der Waals surface area (Å²) in [6.07, 6.45) is 0. The second-order valence-corrected chi connectivity index (χ2v) is 0. The molecule has 0 aromatic heterocycles. The quantitative estimate of drug-likeness (QED) is 0.515. The summed E-state index contributed by atoms with van der Waals surface area (Å²) in [5.74, 6) is 0. The zero-order valence-corrected chi connectivity index (χ0v) is 10.1. The molecule has 0 aliphatic rings. The van der Waals surface area contributed by atoms with Crippen molar-refractivity contribution in [2.75, 3.05) is 0 Å². The normalized spacial score (nSPS) is 0. The molecule has 0 saturated carbocycles. The van der Waals surface area contributed by atoms with E-state index in [0.717, 1.165) is 0 Å². The molecular weight excluding hydrogens is 226 g/mol. The molecule has 0 N–H and O–H groups in total. The summed E-state index contributed by atoms with van der Waals surface area (Å²) in [7, 11) is 0. The smallest absolute Gasteiger partial charge is 2.00 e. The van der Waals surface area contributed by atoms with Crippen LogP contribution in [0.4, 0.5) is 0 Å². The molecule has 0 spiro atoms. The fraction of sp³-hybridized carbons (Fsp3) is 0. The maximum Gasteiger partial charge on any atom is 2.00 e. The van der Waals surface area contributed by atoms with Crippen LogP contribution in [0.15, 0.2) is 0 Å². The number of hydrogen-bond donors (Lipinski definition) is 0. The molecular formula is CdOSZn. The van der Waals surface area contributed by atoms with Crippen LogP contribution in [0.25, 0.3) is 0 Å². The van der Waals surface area contributed by atoms with Crippen molar-refractivity contribution in [2.45, 2.75) is 0 Å². The molecule has 1 nitrogen and oxygen atoms in total. The largest absolute Gasteiger partial charge is 2.00 e. The summed E-state index contributed by atoms with van der Waals surface area (Å²) in [6.45, 7) is 0. The Bertz CT molecular complexity index is 8.00. The Hall–Kier alpha value is 1.86. The van der Waals surface area contributed by atoms with Crippen molar-refractivity contribution in [3.8, 4) is 0 Å². The summed E-state index contributed by atoms with van der Waals surface area (Å²) in [4.78, 5) is 0. The molecule has 0 heterocycles. The van der Waals surface area contributed by atoms with Crippen LogP contribution in [0.5, 0.6) is 0 Å². The second-order valence-electron chi connectivity index (χ2n) is 0. The van der Waals surface area contributed by atoms with Crippen molar-refractivity contribution < 1.29 is 52.3 Å². The van der Waals surface area contributed by atoms with Gasteiger partial charge in [-0.1, -0.05) is 0 Å². The van der Waals surface area contributed by atoms with Gasteiger partial charge in [-0.05, 0) is 0 Å². The van der Waals surface area contributed by atoms with Crippen LogP contribution in [-0.4, -0.2) is 0 Å². The average molecular weight is 226 g/mol. The second kappa shape index (κ2) is 21.0. The molecule has 0 aliphatic heterocycles. The van der Waals surface area contributed by atoms with Crippen LogP contribution in [0.3, 0.4) is 0 Å². The Balaban J connectivity index is 0. The van der Waals surface area contributed by atoms with Gasteiger partial charge in [-0.15, -0.1) is 0 Å². The molecule has 0 bridgehead atoms. The van der Waals surface area contributed by atoms with Crippen LogP contribution in [-0.2, 0) is 65.7 Å². The van der Waals surface area contributed by atoms with Gasteiger partial charge in [-0.3, -0.25) is 0 Å². The Kier molecular flexibility index (Phi) is 210. The van der Waals surface area contributed by atoms with Crippen LogP contribution in [0.1, 0.15) is 0 Å². The predicted octanol–water partition coefficient (Wildman–Crippen LogP) is -0.126. The van der Waals surface area contributed by atoms with E-state index < -0.39 is 0 Å².